The third kappa shape index (κ3) is 2.12. The molecule has 7 heteroatoms. The van der Waals surface area contributed by atoms with Crippen molar-refractivity contribution in [2.45, 2.75) is 19.9 Å². The van der Waals surface area contributed by atoms with Crippen LogP contribution in [0.1, 0.15) is 13.8 Å². The van der Waals surface area contributed by atoms with E-state index in [1.807, 2.05) is 13.8 Å². The number of rotatable bonds is 3. The molecule has 0 bridgehead atoms. The molecular formula is C8H13N5O2. The number of nitrogens with two attached hydrogens (primary N) is 1. The van der Waals surface area contributed by atoms with Crippen LogP contribution >= 0.6 is 0 Å². The summed E-state index contributed by atoms with van der Waals surface area (Å²) in [4.78, 5) is 19.4. The second-order valence-corrected chi connectivity index (χ2v) is 3.39. The summed E-state index contributed by atoms with van der Waals surface area (Å²) in [6, 6.07) is 0.0954. The third-order valence-corrected chi connectivity index (χ3v) is 2.12. The van der Waals surface area contributed by atoms with Gasteiger partial charge in [0.1, 0.15) is 6.33 Å². The zero-order valence-electron chi connectivity index (χ0n) is 8.84. The van der Waals surface area contributed by atoms with Gasteiger partial charge in [-0.25, -0.2) is 9.97 Å². The molecule has 0 spiro atoms. The van der Waals surface area contributed by atoms with Crippen molar-refractivity contribution in [3.05, 3.63) is 16.4 Å². The third-order valence-electron chi connectivity index (χ3n) is 2.12. The Hall–Kier alpha value is -1.92. The van der Waals surface area contributed by atoms with E-state index in [0.717, 1.165) is 0 Å². The van der Waals surface area contributed by atoms with Gasteiger partial charge < -0.3 is 10.6 Å². The average molecular weight is 211 g/mol. The predicted octanol–water partition coefficient (Wildman–Crippen LogP) is 0.812. The molecule has 0 aromatic carbocycles. The van der Waals surface area contributed by atoms with E-state index in [4.69, 9.17) is 5.73 Å². The molecule has 0 aliphatic heterocycles. The summed E-state index contributed by atoms with van der Waals surface area (Å²) >= 11 is 0. The molecule has 0 unspecified atom stereocenters. The number of hydrogen-bond acceptors (Lipinski definition) is 6. The minimum absolute atomic E-state index is 0.0954. The first-order valence-corrected chi connectivity index (χ1v) is 4.42. The van der Waals surface area contributed by atoms with Crippen LogP contribution in [0.15, 0.2) is 6.33 Å². The number of nitrogen functional groups attached to an aromatic ring is 1. The Morgan fingerprint density at radius 2 is 2.13 bits per heavy atom. The highest BCUT2D eigenvalue weighted by molar-refractivity contribution is 5.68. The molecule has 1 heterocycles. The van der Waals surface area contributed by atoms with Gasteiger partial charge in [-0.1, -0.05) is 0 Å². The Balaban J connectivity index is 3.29. The van der Waals surface area contributed by atoms with Crippen molar-refractivity contribution in [3.63, 3.8) is 0 Å². The second kappa shape index (κ2) is 4.07. The Labute approximate surface area is 87.1 Å². The Bertz CT molecular complexity index is 379. The Kier molecular flexibility index (Phi) is 3.03. The van der Waals surface area contributed by atoms with Crippen molar-refractivity contribution < 1.29 is 4.92 Å². The zero-order valence-corrected chi connectivity index (χ0v) is 8.84. The summed E-state index contributed by atoms with van der Waals surface area (Å²) in [5.74, 6) is 0.125. The van der Waals surface area contributed by atoms with Crippen LogP contribution in [0.25, 0.3) is 0 Å². The number of anilines is 2. The maximum Gasteiger partial charge on any atom is 0.353 e. The van der Waals surface area contributed by atoms with Gasteiger partial charge >= 0.3 is 5.69 Å². The monoisotopic (exact) mass is 211 g/mol. The highest BCUT2D eigenvalue weighted by atomic mass is 16.6. The van der Waals surface area contributed by atoms with E-state index in [1.165, 1.54) is 6.33 Å². The second-order valence-electron chi connectivity index (χ2n) is 3.39. The van der Waals surface area contributed by atoms with Crippen molar-refractivity contribution in [1.29, 1.82) is 0 Å². The lowest BCUT2D eigenvalue weighted by molar-refractivity contribution is -0.383. The van der Waals surface area contributed by atoms with Gasteiger partial charge in [-0.05, 0) is 13.8 Å². The van der Waals surface area contributed by atoms with E-state index < -0.39 is 4.92 Å². The topological polar surface area (TPSA) is 98.2 Å². The number of aromatic nitrogens is 2. The first-order chi connectivity index (χ1) is 6.95. The Morgan fingerprint density at radius 3 is 2.60 bits per heavy atom. The SMILES string of the molecule is CC(C)N(C)c1ncnc(N)c1[N+](=O)[O-]. The van der Waals surface area contributed by atoms with Gasteiger partial charge in [0.25, 0.3) is 0 Å². The van der Waals surface area contributed by atoms with Gasteiger partial charge in [0.2, 0.25) is 11.6 Å². The number of nitrogens with zero attached hydrogens (tertiary/aromatic N) is 4. The minimum atomic E-state index is -0.566. The van der Waals surface area contributed by atoms with Crippen molar-refractivity contribution in [2.24, 2.45) is 0 Å². The molecule has 0 radical (unpaired) electrons. The first kappa shape index (κ1) is 11.2. The van der Waals surface area contributed by atoms with E-state index in [9.17, 15) is 10.1 Å². The van der Waals surface area contributed by atoms with Gasteiger partial charge in [-0.15, -0.1) is 0 Å². The molecule has 0 saturated carbocycles. The van der Waals surface area contributed by atoms with Gasteiger partial charge in [0.05, 0.1) is 4.92 Å². The van der Waals surface area contributed by atoms with Crippen molar-refractivity contribution in [1.82, 2.24) is 9.97 Å². The molecule has 1 aromatic heterocycles. The average Bonchev–Trinajstić information content (AvgIpc) is 2.15. The molecule has 0 aliphatic carbocycles. The summed E-state index contributed by atoms with van der Waals surface area (Å²) in [6.45, 7) is 3.81. The highest BCUT2D eigenvalue weighted by Crippen LogP contribution is 2.29. The van der Waals surface area contributed by atoms with Crippen molar-refractivity contribution in [2.75, 3.05) is 17.7 Å². The fraction of sp³-hybridized carbons (Fsp3) is 0.500. The number of nitro groups is 1. The van der Waals surface area contributed by atoms with E-state index in [2.05, 4.69) is 9.97 Å². The van der Waals surface area contributed by atoms with Gasteiger partial charge in [-0.2, -0.15) is 0 Å². The summed E-state index contributed by atoms with van der Waals surface area (Å²) in [6.07, 6.45) is 1.22. The van der Waals surface area contributed by atoms with Gasteiger partial charge in [0, 0.05) is 13.1 Å². The summed E-state index contributed by atoms with van der Waals surface area (Å²) in [7, 11) is 1.72. The van der Waals surface area contributed by atoms with Crippen LogP contribution in [-0.2, 0) is 0 Å². The molecule has 0 saturated heterocycles. The van der Waals surface area contributed by atoms with E-state index in [0.29, 0.717) is 0 Å². The molecular weight excluding hydrogens is 198 g/mol. The van der Waals surface area contributed by atoms with Gasteiger partial charge in [-0.3, -0.25) is 10.1 Å². The van der Waals surface area contributed by atoms with Crippen LogP contribution in [0.5, 0.6) is 0 Å². The van der Waals surface area contributed by atoms with Crippen molar-refractivity contribution in [3.8, 4) is 0 Å². The molecule has 0 atom stereocenters. The van der Waals surface area contributed by atoms with Gasteiger partial charge in [0.15, 0.2) is 0 Å². The fourth-order valence-corrected chi connectivity index (χ4v) is 1.06. The quantitative estimate of drug-likeness (QED) is 0.586. The van der Waals surface area contributed by atoms with E-state index in [1.54, 1.807) is 11.9 Å². The summed E-state index contributed by atoms with van der Waals surface area (Å²) < 4.78 is 0. The van der Waals surface area contributed by atoms with Crippen LogP contribution in [0.4, 0.5) is 17.3 Å². The lowest BCUT2D eigenvalue weighted by Gasteiger charge is -2.21. The predicted molar refractivity (Wildman–Crippen MR) is 56.6 cm³/mol. The van der Waals surface area contributed by atoms with E-state index in [-0.39, 0.29) is 23.4 Å². The summed E-state index contributed by atoms with van der Waals surface area (Å²) in [5.41, 5.74) is 5.20. The normalized spacial score (nSPS) is 10.4. The summed E-state index contributed by atoms with van der Waals surface area (Å²) in [5, 5.41) is 10.8. The smallest absolute Gasteiger partial charge is 0.353 e. The van der Waals surface area contributed by atoms with Crippen LogP contribution in [0.2, 0.25) is 0 Å². The molecule has 2 N–H and O–H groups in total. The maximum atomic E-state index is 10.8. The molecule has 1 aromatic rings. The molecule has 0 fully saturated rings. The lowest BCUT2D eigenvalue weighted by atomic mass is 10.3. The molecule has 0 amide bonds. The number of hydrogen-bond donors (Lipinski definition) is 1. The van der Waals surface area contributed by atoms with E-state index >= 15 is 0 Å². The molecule has 1 rings (SSSR count). The minimum Gasteiger partial charge on any atom is -0.378 e. The first-order valence-electron chi connectivity index (χ1n) is 4.42. The highest BCUT2D eigenvalue weighted by Gasteiger charge is 2.24. The van der Waals surface area contributed by atoms with Crippen LogP contribution < -0.4 is 10.6 Å². The van der Waals surface area contributed by atoms with Crippen LogP contribution in [0, 0.1) is 10.1 Å². The molecule has 15 heavy (non-hydrogen) atoms. The Morgan fingerprint density at radius 1 is 1.53 bits per heavy atom. The van der Waals surface area contributed by atoms with Crippen LogP contribution in [-0.4, -0.2) is 28.0 Å². The zero-order chi connectivity index (χ0) is 11.6. The van der Waals surface area contributed by atoms with Crippen LogP contribution in [0.3, 0.4) is 0 Å². The standard InChI is InChI=1S/C8H13N5O2/c1-5(2)12(3)8-6(13(14)15)7(9)10-4-11-8/h4-5H,1-3H3,(H2,9,10,11). The lowest BCUT2D eigenvalue weighted by Crippen LogP contribution is -2.27. The largest absolute Gasteiger partial charge is 0.378 e. The van der Waals surface area contributed by atoms with Crippen molar-refractivity contribution >= 4 is 17.3 Å². The molecule has 82 valence electrons. The molecule has 0 aliphatic rings. The molecule has 7 nitrogen and oxygen atoms in total. The fourth-order valence-electron chi connectivity index (χ4n) is 1.06. The maximum absolute atomic E-state index is 10.8.